The van der Waals surface area contributed by atoms with E-state index in [9.17, 15) is 0 Å². The quantitative estimate of drug-likeness (QED) is 0.559. The van der Waals surface area contributed by atoms with Gasteiger partial charge in [0.15, 0.2) is 11.4 Å². The van der Waals surface area contributed by atoms with E-state index in [1.54, 1.807) is 25.1 Å². The number of halogens is 1. The van der Waals surface area contributed by atoms with E-state index in [-0.39, 0.29) is 0 Å². The molecule has 126 valence electrons. The van der Waals surface area contributed by atoms with Crippen molar-refractivity contribution in [2.24, 2.45) is 7.05 Å². The normalized spacial score (nSPS) is 11.2. The second kappa shape index (κ2) is 5.89. The fraction of sp³-hybridized carbons (Fsp3) is 0.167. The van der Waals surface area contributed by atoms with Crippen LogP contribution < -0.4 is 9.47 Å². The Morgan fingerprint density at radius 3 is 2.56 bits per heavy atom. The van der Waals surface area contributed by atoms with Gasteiger partial charge in [-0.15, -0.1) is 10.2 Å². The molecule has 0 N–H and O–H groups in total. The van der Waals surface area contributed by atoms with Crippen molar-refractivity contribution in [1.82, 2.24) is 20.0 Å². The fourth-order valence-corrected chi connectivity index (χ4v) is 3.27. The van der Waals surface area contributed by atoms with E-state index in [2.05, 4.69) is 15.3 Å². The molecule has 0 aliphatic rings. The highest BCUT2D eigenvalue weighted by molar-refractivity contribution is 6.33. The van der Waals surface area contributed by atoms with E-state index in [4.69, 9.17) is 21.1 Å². The molecule has 0 unspecified atom stereocenters. The third-order valence-corrected chi connectivity index (χ3v) is 4.56. The molecule has 4 aromatic rings. The lowest BCUT2D eigenvalue weighted by atomic mass is 10.00. The maximum Gasteiger partial charge on any atom is 0.180 e. The van der Waals surface area contributed by atoms with Crippen molar-refractivity contribution in [3.63, 3.8) is 0 Å². The Labute approximate surface area is 148 Å². The van der Waals surface area contributed by atoms with E-state index in [1.165, 1.54) is 0 Å². The summed E-state index contributed by atoms with van der Waals surface area (Å²) in [7, 11) is 5.05. The van der Waals surface area contributed by atoms with E-state index >= 15 is 0 Å². The number of nitrogens with zero attached hydrogens (tertiary/aromatic N) is 4. The third-order valence-electron chi connectivity index (χ3n) is 4.23. The van der Waals surface area contributed by atoms with Gasteiger partial charge in [-0.3, -0.25) is 0 Å². The SMILES string of the molecule is COc1cc2c(nnc3c2cnn3C)c(OC)c1-c1ccccc1Cl. The highest BCUT2D eigenvalue weighted by Crippen LogP contribution is 2.46. The lowest BCUT2D eigenvalue weighted by Crippen LogP contribution is -1.99. The Hall–Kier alpha value is -2.86. The summed E-state index contributed by atoms with van der Waals surface area (Å²) in [5, 5.41) is 15.3. The molecule has 0 saturated heterocycles. The van der Waals surface area contributed by atoms with E-state index in [1.807, 2.05) is 37.4 Å². The summed E-state index contributed by atoms with van der Waals surface area (Å²) >= 11 is 6.41. The Morgan fingerprint density at radius 2 is 1.84 bits per heavy atom. The predicted octanol–water partition coefficient (Wildman–Crippen LogP) is 3.85. The molecule has 0 aliphatic carbocycles. The minimum absolute atomic E-state index is 0.570. The molecule has 7 heteroatoms. The molecule has 0 spiro atoms. The average Bonchev–Trinajstić information content (AvgIpc) is 3.02. The van der Waals surface area contributed by atoms with Crippen LogP contribution in [-0.2, 0) is 7.05 Å². The van der Waals surface area contributed by atoms with Gasteiger partial charge in [0.2, 0.25) is 0 Å². The molecule has 2 aromatic carbocycles. The van der Waals surface area contributed by atoms with Crippen molar-refractivity contribution in [1.29, 1.82) is 0 Å². The smallest absolute Gasteiger partial charge is 0.180 e. The van der Waals surface area contributed by atoms with Gasteiger partial charge in [0.25, 0.3) is 0 Å². The number of aryl methyl sites for hydroxylation is 1. The van der Waals surface area contributed by atoms with Crippen LogP contribution in [0.25, 0.3) is 33.1 Å². The molecular weight excluding hydrogens is 340 g/mol. The standard InChI is InChI=1S/C18H15ClN4O2/c1-23-18-12(9-20-23)11-8-14(24-2)15(10-6-4-5-7-13(10)19)17(25-3)16(11)21-22-18/h4-9H,1-3H3. The molecule has 0 atom stereocenters. The molecule has 0 aliphatic heterocycles. The van der Waals surface area contributed by atoms with Crippen LogP contribution in [0.5, 0.6) is 11.5 Å². The largest absolute Gasteiger partial charge is 0.496 e. The highest BCUT2D eigenvalue weighted by Gasteiger charge is 2.22. The van der Waals surface area contributed by atoms with Crippen LogP contribution >= 0.6 is 11.6 Å². The minimum atomic E-state index is 0.570. The molecule has 0 fully saturated rings. The minimum Gasteiger partial charge on any atom is -0.496 e. The van der Waals surface area contributed by atoms with Crippen LogP contribution in [0, 0.1) is 0 Å². The maximum atomic E-state index is 6.41. The number of benzene rings is 2. The summed E-state index contributed by atoms with van der Waals surface area (Å²) in [6.45, 7) is 0. The van der Waals surface area contributed by atoms with Crippen molar-refractivity contribution in [2.75, 3.05) is 14.2 Å². The lowest BCUT2D eigenvalue weighted by molar-refractivity contribution is 0.400. The monoisotopic (exact) mass is 354 g/mol. The van der Waals surface area contributed by atoms with E-state index in [0.717, 1.165) is 21.9 Å². The number of ether oxygens (including phenoxy) is 2. The first-order valence-corrected chi connectivity index (χ1v) is 8.01. The van der Waals surface area contributed by atoms with Crippen molar-refractivity contribution < 1.29 is 9.47 Å². The molecule has 0 saturated carbocycles. The van der Waals surface area contributed by atoms with Crippen LogP contribution in [0.1, 0.15) is 0 Å². The van der Waals surface area contributed by atoms with Crippen molar-refractivity contribution in [3.05, 3.63) is 41.6 Å². The zero-order chi connectivity index (χ0) is 17.6. The molecule has 0 amide bonds. The Balaban J connectivity index is 2.17. The molecule has 25 heavy (non-hydrogen) atoms. The van der Waals surface area contributed by atoms with E-state index in [0.29, 0.717) is 27.7 Å². The van der Waals surface area contributed by atoms with Crippen molar-refractivity contribution in [2.45, 2.75) is 0 Å². The molecule has 0 bridgehead atoms. The first kappa shape index (κ1) is 15.7. The van der Waals surface area contributed by atoms with Crippen LogP contribution in [-0.4, -0.2) is 34.2 Å². The first-order chi connectivity index (χ1) is 12.2. The van der Waals surface area contributed by atoms with Crippen LogP contribution in [0.2, 0.25) is 5.02 Å². The topological polar surface area (TPSA) is 62.1 Å². The van der Waals surface area contributed by atoms with Gasteiger partial charge in [0.05, 0.1) is 31.4 Å². The summed E-state index contributed by atoms with van der Waals surface area (Å²) in [6, 6.07) is 9.47. The van der Waals surface area contributed by atoms with Crippen LogP contribution in [0.4, 0.5) is 0 Å². The summed E-state index contributed by atoms with van der Waals surface area (Å²) in [4.78, 5) is 0. The van der Waals surface area contributed by atoms with Gasteiger partial charge in [0.1, 0.15) is 11.3 Å². The number of aromatic nitrogens is 4. The molecule has 4 rings (SSSR count). The average molecular weight is 355 g/mol. The zero-order valence-electron chi connectivity index (χ0n) is 13.9. The molecular formula is C18H15ClN4O2. The molecule has 2 aromatic heterocycles. The lowest BCUT2D eigenvalue weighted by Gasteiger charge is -2.16. The van der Waals surface area contributed by atoms with Crippen LogP contribution in [0.15, 0.2) is 36.5 Å². The predicted molar refractivity (Wildman–Crippen MR) is 97.4 cm³/mol. The van der Waals surface area contributed by atoms with Gasteiger partial charge in [-0.25, -0.2) is 4.68 Å². The number of methoxy groups -OCH3 is 2. The van der Waals surface area contributed by atoms with Gasteiger partial charge in [0, 0.05) is 23.0 Å². The number of hydrogen-bond donors (Lipinski definition) is 0. The summed E-state index contributed by atoms with van der Waals surface area (Å²) in [5.74, 6) is 1.22. The van der Waals surface area contributed by atoms with Gasteiger partial charge in [-0.2, -0.15) is 5.10 Å². The van der Waals surface area contributed by atoms with Gasteiger partial charge in [-0.05, 0) is 12.1 Å². The fourth-order valence-electron chi connectivity index (χ4n) is 3.04. The number of fused-ring (bicyclic) bond motifs is 3. The molecule has 6 nitrogen and oxygen atoms in total. The zero-order valence-corrected chi connectivity index (χ0v) is 14.7. The first-order valence-electron chi connectivity index (χ1n) is 7.63. The van der Waals surface area contributed by atoms with Gasteiger partial charge in [-0.1, -0.05) is 29.8 Å². The Morgan fingerprint density at radius 1 is 1.04 bits per heavy atom. The van der Waals surface area contributed by atoms with Gasteiger partial charge < -0.3 is 9.47 Å². The Bertz CT molecular complexity index is 1110. The second-order valence-electron chi connectivity index (χ2n) is 5.57. The number of hydrogen-bond acceptors (Lipinski definition) is 5. The van der Waals surface area contributed by atoms with Crippen molar-refractivity contribution in [3.8, 4) is 22.6 Å². The summed E-state index contributed by atoms with van der Waals surface area (Å²) in [6.07, 6.45) is 1.76. The van der Waals surface area contributed by atoms with Crippen molar-refractivity contribution >= 4 is 33.5 Å². The third kappa shape index (κ3) is 2.29. The van der Waals surface area contributed by atoms with Crippen LogP contribution in [0.3, 0.4) is 0 Å². The maximum absolute atomic E-state index is 6.41. The second-order valence-corrected chi connectivity index (χ2v) is 5.98. The summed E-state index contributed by atoms with van der Waals surface area (Å²) < 4.78 is 13.0. The van der Waals surface area contributed by atoms with Gasteiger partial charge >= 0.3 is 0 Å². The molecule has 2 heterocycles. The Kier molecular flexibility index (Phi) is 3.69. The number of rotatable bonds is 3. The van der Waals surface area contributed by atoms with E-state index < -0.39 is 0 Å². The highest BCUT2D eigenvalue weighted by atomic mass is 35.5. The molecule has 0 radical (unpaired) electrons. The summed E-state index contributed by atoms with van der Waals surface area (Å²) in [5.41, 5.74) is 2.90.